The van der Waals surface area contributed by atoms with Crippen LogP contribution in [0.1, 0.15) is 115 Å². The molecule has 86 heavy (non-hydrogen) atoms. The van der Waals surface area contributed by atoms with Crippen molar-refractivity contribution in [2.24, 2.45) is 20.0 Å². The first-order valence-electron chi connectivity index (χ1n) is 28.2. The molecule has 4 aromatic rings. The Morgan fingerprint density at radius 3 is 2.38 bits per heavy atom. The van der Waals surface area contributed by atoms with E-state index in [1.807, 2.05) is 46.7 Å². The molecule has 2 saturated heterocycles. The number of aldehydes is 1. The van der Waals surface area contributed by atoms with Crippen LogP contribution in [0.15, 0.2) is 60.9 Å². The summed E-state index contributed by atoms with van der Waals surface area (Å²) in [4.78, 5) is 107. The van der Waals surface area contributed by atoms with Gasteiger partial charge in [0, 0.05) is 77.9 Å². The Balaban J connectivity index is 1.13. The molecule has 6 rings (SSSR count). The Morgan fingerprint density at radius 1 is 0.919 bits per heavy atom. The molecule has 26 nitrogen and oxygen atoms in total. The maximum atomic E-state index is 14.6. The molecule has 27 heteroatoms. The number of nitrogens with one attached hydrogen (secondary N) is 4. The SMILES string of the molecule is C=C1CC(CN(C(=O)OCc2ccc(O[C@H]3C[C@@H](OI)C[C@@H](C=O)O3)c(C(=O)NCC(C)(C)OCCC(C)(C)ON)c2)c2cc(OCCCC(=O)Nc3cc(C(=O)Nc4cn(C)c(C(=O)NCCCN(C)C)n4)n(C)c3)c(OC)cc2C)N(C=O)C1. The number of aromatic nitrogens is 3. The molecule has 0 bridgehead atoms. The van der Waals surface area contributed by atoms with Crippen LogP contribution >= 0.6 is 23.0 Å². The number of imidazole rings is 1. The second kappa shape index (κ2) is 31.5. The van der Waals surface area contributed by atoms with E-state index >= 15 is 0 Å². The summed E-state index contributed by atoms with van der Waals surface area (Å²) in [6, 6.07) is 9.15. The average molecular weight is 1310 g/mol. The first kappa shape index (κ1) is 68.0. The molecule has 6 amide bonds. The van der Waals surface area contributed by atoms with Crippen molar-refractivity contribution in [2.75, 3.05) is 82.7 Å². The summed E-state index contributed by atoms with van der Waals surface area (Å²) in [7, 11) is 8.70. The third kappa shape index (κ3) is 19.7. The summed E-state index contributed by atoms with van der Waals surface area (Å²) >= 11 is 1.77. The zero-order valence-electron chi connectivity index (χ0n) is 50.7. The van der Waals surface area contributed by atoms with Gasteiger partial charge in [-0.25, -0.2) is 15.7 Å². The van der Waals surface area contributed by atoms with Crippen molar-refractivity contribution < 1.29 is 69.9 Å². The molecule has 4 heterocycles. The van der Waals surface area contributed by atoms with Gasteiger partial charge in [0.25, 0.3) is 17.7 Å². The Kier molecular flexibility index (Phi) is 24.9. The lowest BCUT2D eigenvalue weighted by molar-refractivity contribution is -0.170. The maximum Gasteiger partial charge on any atom is 0.414 e. The van der Waals surface area contributed by atoms with Crippen molar-refractivity contribution in [3.05, 3.63) is 89.2 Å². The molecule has 470 valence electrons. The van der Waals surface area contributed by atoms with Gasteiger partial charge in [-0.15, -0.1) is 0 Å². The lowest BCUT2D eigenvalue weighted by Crippen LogP contribution is -2.43. The van der Waals surface area contributed by atoms with Gasteiger partial charge in [-0.05, 0) is 110 Å². The van der Waals surface area contributed by atoms with Crippen LogP contribution in [0.2, 0.25) is 0 Å². The van der Waals surface area contributed by atoms with E-state index in [1.54, 1.807) is 90.0 Å². The van der Waals surface area contributed by atoms with Crippen LogP contribution in [0.5, 0.6) is 17.2 Å². The second-order valence-corrected chi connectivity index (χ2v) is 23.3. The number of nitrogens with two attached hydrogens (primary N) is 1. The Labute approximate surface area is 515 Å². The predicted octanol–water partition coefficient (Wildman–Crippen LogP) is 6.14. The molecule has 6 N–H and O–H groups in total. The average Bonchev–Trinajstić information content (AvgIpc) is 2.19. The summed E-state index contributed by atoms with van der Waals surface area (Å²) < 4.78 is 44.8. The number of hydrogen-bond donors (Lipinski definition) is 5. The van der Waals surface area contributed by atoms with Gasteiger partial charge in [0.1, 0.15) is 53.4 Å². The summed E-state index contributed by atoms with van der Waals surface area (Å²) in [5, 5.41) is 11.3. The predicted molar refractivity (Wildman–Crippen MR) is 327 cm³/mol. The monoisotopic (exact) mass is 1310 g/mol. The smallest absolute Gasteiger partial charge is 0.414 e. The molecule has 2 aromatic heterocycles. The van der Waals surface area contributed by atoms with Crippen molar-refractivity contribution >= 4 is 82.6 Å². The highest BCUT2D eigenvalue weighted by atomic mass is 127. The van der Waals surface area contributed by atoms with Gasteiger partial charge in [0.2, 0.25) is 24.4 Å². The van der Waals surface area contributed by atoms with Crippen LogP contribution in [0.4, 0.5) is 22.0 Å². The number of rotatable bonds is 32. The molecule has 2 fully saturated rings. The van der Waals surface area contributed by atoms with Crippen molar-refractivity contribution in [3.8, 4) is 17.2 Å². The zero-order valence-corrected chi connectivity index (χ0v) is 52.8. The fourth-order valence-corrected chi connectivity index (χ4v) is 9.89. The van der Waals surface area contributed by atoms with Gasteiger partial charge >= 0.3 is 6.09 Å². The normalized spacial score (nSPS) is 17.0. The van der Waals surface area contributed by atoms with Crippen LogP contribution in [-0.2, 0) is 57.2 Å². The number of anilines is 3. The first-order valence-corrected chi connectivity index (χ1v) is 29.1. The molecule has 0 spiro atoms. The topological polar surface area (TPSA) is 300 Å². The number of amides is 6. The molecule has 0 aliphatic carbocycles. The number of ether oxygens (including phenoxy) is 6. The number of likely N-dealkylation sites (tertiary alicyclic amines) is 1. The summed E-state index contributed by atoms with van der Waals surface area (Å²) in [5.74, 6) is 4.78. The molecule has 1 unspecified atom stereocenters. The molecule has 4 atom stereocenters. The van der Waals surface area contributed by atoms with E-state index < -0.39 is 47.5 Å². The summed E-state index contributed by atoms with van der Waals surface area (Å²) in [6.07, 6.45) is 4.26. The van der Waals surface area contributed by atoms with E-state index in [9.17, 15) is 33.6 Å². The van der Waals surface area contributed by atoms with E-state index in [4.69, 9.17) is 42.2 Å². The van der Waals surface area contributed by atoms with E-state index in [2.05, 4.69) is 32.8 Å². The van der Waals surface area contributed by atoms with Crippen LogP contribution in [0, 0.1) is 6.92 Å². The van der Waals surface area contributed by atoms with E-state index in [0.29, 0.717) is 73.5 Å². The summed E-state index contributed by atoms with van der Waals surface area (Å²) in [5.41, 5.74) is 1.48. The van der Waals surface area contributed by atoms with Crippen molar-refractivity contribution in [2.45, 2.75) is 122 Å². The Morgan fingerprint density at radius 2 is 1.69 bits per heavy atom. The van der Waals surface area contributed by atoms with Gasteiger partial charge in [-0.1, -0.05) is 18.2 Å². The fraction of sp³-hybridized carbons (Fsp3) is 0.525. The Hall–Kier alpha value is -7.15. The number of benzene rings is 2. The molecule has 2 aliphatic heterocycles. The number of carbonyl (C=O) groups excluding carboxylic acids is 7. The zero-order chi connectivity index (χ0) is 62.9. The van der Waals surface area contributed by atoms with Crippen molar-refractivity contribution in [3.63, 3.8) is 0 Å². The van der Waals surface area contributed by atoms with Crippen LogP contribution < -0.4 is 46.3 Å². The number of carbonyl (C=O) groups is 7. The lowest BCUT2D eigenvalue weighted by atomic mass is 10.1. The highest BCUT2D eigenvalue weighted by Crippen LogP contribution is 2.37. The van der Waals surface area contributed by atoms with Crippen molar-refractivity contribution in [1.29, 1.82) is 0 Å². The minimum absolute atomic E-state index is 0.00681. The minimum Gasteiger partial charge on any atom is -0.493 e. The number of aryl methyl sites for hydroxylation is 3. The molecular weight excluding hydrogens is 1230 g/mol. The van der Waals surface area contributed by atoms with Gasteiger partial charge in [-0.3, -0.25) is 33.7 Å². The third-order valence-electron chi connectivity index (χ3n) is 14.3. The standard InChI is InChI=1S/C59H82IN11O15/c1-37-22-41(70(29-37)36-73)31-71(57(78)81-34-39-15-16-47(84-52-27-42(85-60)26-43(33-72)83-52)44(24-39)54(75)63-35-59(5,6)82-21-17-58(3,4)86-61)45-28-49(48(79-11)23-38(45)2)80-20-12-14-51(74)64-40-25-46(68(9)30-40)55(76)66-50-32-69(10)53(65-50)56(77)62-18-13-19-67(7)8/h15-16,23-25,28,30,32-33,36,41-43,52H,1,12-14,17-22,26-27,29,31,34-35,61H2,2-11H3,(H,62,77)(H,63,75)(H,64,74)(H,66,76)/t41?,42-,43-,52-/m0/s1. The molecular formula is C59H82IN11O15. The minimum atomic E-state index is -0.937. The first-order chi connectivity index (χ1) is 40.8. The number of methoxy groups -OCH3 is 1. The highest BCUT2D eigenvalue weighted by molar-refractivity contribution is 14.1. The molecule has 0 radical (unpaired) electrons. The van der Waals surface area contributed by atoms with E-state index in [0.717, 1.165) is 24.9 Å². The van der Waals surface area contributed by atoms with Gasteiger partial charge in [-0.2, -0.15) is 0 Å². The van der Waals surface area contributed by atoms with Gasteiger partial charge in [0.05, 0.1) is 67.2 Å². The molecule has 2 aliphatic rings. The number of halogens is 1. The lowest BCUT2D eigenvalue weighted by Gasteiger charge is -2.32. The quantitative estimate of drug-likeness (QED) is 0.0121. The number of hydrogen-bond acceptors (Lipinski definition) is 18. The second-order valence-electron chi connectivity index (χ2n) is 22.8. The summed E-state index contributed by atoms with van der Waals surface area (Å²) in [6.45, 7) is 14.9. The van der Waals surface area contributed by atoms with Gasteiger partial charge in [0.15, 0.2) is 17.3 Å². The maximum absolute atomic E-state index is 14.6. The largest absolute Gasteiger partial charge is 0.493 e. The molecule has 2 aromatic carbocycles. The number of nitrogens with zero attached hydrogens (tertiary/aromatic N) is 6. The van der Waals surface area contributed by atoms with Crippen LogP contribution in [-0.4, -0.2) is 169 Å². The van der Waals surface area contributed by atoms with E-state index in [-0.39, 0.29) is 97.9 Å². The third-order valence-corrected chi connectivity index (χ3v) is 15.0. The molecule has 0 saturated carbocycles. The van der Waals surface area contributed by atoms with Gasteiger partial charge < -0.3 is 76.5 Å². The van der Waals surface area contributed by atoms with Crippen LogP contribution in [0.3, 0.4) is 0 Å². The van der Waals surface area contributed by atoms with Crippen molar-refractivity contribution in [1.82, 2.24) is 34.6 Å². The highest BCUT2D eigenvalue weighted by Gasteiger charge is 2.35. The Bertz CT molecular complexity index is 3040. The fourth-order valence-electron chi connectivity index (χ4n) is 9.48. The van der Waals surface area contributed by atoms with E-state index in [1.165, 1.54) is 28.8 Å². The van der Waals surface area contributed by atoms with Crippen LogP contribution in [0.25, 0.3) is 0 Å².